The van der Waals surface area contributed by atoms with Crippen LogP contribution < -0.4 is 34.9 Å². The van der Waals surface area contributed by atoms with Gasteiger partial charge in [0.15, 0.2) is 0 Å². The van der Waals surface area contributed by atoms with E-state index in [4.69, 9.17) is 42.1 Å². The number of aromatic nitrogens is 3. The molecule has 0 unspecified atom stereocenters. The SMILES string of the molecule is COc1ccc(N=Nc2cc(OCCCS(=O)(=O)O)c(Nc3nc(NCc4ccc(S(=O)(=O)O)cc4)nc(Nc4cc(Cl)c(N=Nc5ccc(OC)c(S(=O)(=O)O)c5)cc4OCCCS(=O)(=O)O)n3)cc2Cl)cc1S(=O)(=O)O. The van der Waals surface area contributed by atoms with Crippen LogP contribution in [0.1, 0.15) is 18.4 Å². The van der Waals surface area contributed by atoms with Crippen LogP contribution >= 0.6 is 23.2 Å². The molecular weight excluding hydrogens is 1180 g/mol. The lowest BCUT2D eigenvalue weighted by molar-refractivity contribution is 0.317. The summed E-state index contributed by atoms with van der Waals surface area (Å²) < 4.78 is 187. The Bertz CT molecular complexity index is 3660. The Hall–Kier alpha value is -6.96. The fourth-order valence-electron chi connectivity index (χ4n) is 6.37. The van der Waals surface area contributed by atoms with E-state index in [-0.39, 0.29) is 123 Å². The minimum Gasteiger partial charge on any atom is -0.495 e. The molecular formula is C42H42Cl2N10O19S5. The molecule has 29 nitrogen and oxygen atoms in total. The molecule has 0 radical (unpaired) electrons. The van der Waals surface area contributed by atoms with Gasteiger partial charge in [0.05, 0.1) is 76.6 Å². The van der Waals surface area contributed by atoms with Crippen LogP contribution in [0.5, 0.6) is 23.0 Å². The van der Waals surface area contributed by atoms with Gasteiger partial charge in [-0.05, 0) is 79.1 Å². The topological polar surface area (TPSA) is 433 Å². The van der Waals surface area contributed by atoms with Gasteiger partial charge in [-0.25, -0.2) is 0 Å². The Balaban J connectivity index is 1.42. The number of hydrogen-bond donors (Lipinski definition) is 8. The fourth-order valence-corrected chi connectivity index (χ4v) is 9.57. The number of nitrogens with zero attached hydrogens (tertiary/aromatic N) is 7. The first kappa shape index (κ1) is 60.3. The number of nitrogens with one attached hydrogen (secondary N) is 3. The largest absolute Gasteiger partial charge is 0.495 e. The monoisotopic (exact) mass is 1220 g/mol. The summed E-state index contributed by atoms with van der Waals surface area (Å²) in [5, 5.41) is 24.8. The van der Waals surface area contributed by atoms with Gasteiger partial charge in [0.2, 0.25) is 17.8 Å². The van der Waals surface area contributed by atoms with Crippen molar-refractivity contribution >= 4 is 126 Å². The normalized spacial score (nSPS) is 12.4. The zero-order chi connectivity index (χ0) is 57.2. The molecule has 0 amide bonds. The minimum absolute atomic E-state index is 0.00556. The van der Waals surface area contributed by atoms with Crippen molar-refractivity contribution in [2.45, 2.75) is 34.1 Å². The Morgan fingerprint density at radius 1 is 0.500 bits per heavy atom. The van der Waals surface area contributed by atoms with Crippen LogP contribution in [-0.2, 0) is 57.1 Å². The van der Waals surface area contributed by atoms with Crippen molar-refractivity contribution < 1.29 is 83.8 Å². The van der Waals surface area contributed by atoms with E-state index in [1.807, 2.05) is 0 Å². The summed E-state index contributed by atoms with van der Waals surface area (Å²) in [6.45, 7) is -0.730. The number of azo groups is 2. The maximum absolute atomic E-state index is 12.0. The second kappa shape index (κ2) is 25.2. The van der Waals surface area contributed by atoms with E-state index >= 15 is 0 Å². The maximum atomic E-state index is 12.0. The molecule has 78 heavy (non-hydrogen) atoms. The third kappa shape index (κ3) is 17.8. The Kier molecular flexibility index (Phi) is 19.5. The van der Waals surface area contributed by atoms with Crippen LogP contribution in [0.15, 0.2) is 120 Å². The van der Waals surface area contributed by atoms with Crippen molar-refractivity contribution in [3.8, 4) is 23.0 Å². The van der Waals surface area contributed by atoms with Crippen LogP contribution in [0.3, 0.4) is 0 Å². The van der Waals surface area contributed by atoms with Crippen molar-refractivity contribution in [2.75, 3.05) is 54.9 Å². The van der Waals surface area contributed by atoms with Gasteiger partial charge in [-0.3, -0.25) is 22.8 Å². The minimum atomic E-state index is -4.77. The van der Waals surface area contributed by atoms with Gasteiger partial charge in [-0.2, -0.15) is 67.3 Å². The third-order valence-corrected chi connectivity index (χ3v) is 14.7. The van der Waals surface area contributed by atoms with Crippen molar-refractivity contribution in [1.29, 1.82) is 0 Å². The number of anilines is 5. The van der Waals surface area contributed by atoms with E-state index in [2.05, 4.69) is 51.4 Å². The molecule has 0 aliphatic carbocycles. The number of halogens is 2. The van der Waals surface area contributed by atoms with Crippen LogP contribution in [0, 0.1) is 0 Å². The molecule has 0 fully saturated rings. The summed E-state index contributed by atoms with van der Waals surface area (Å²) in [4.78, 5) is 11.7. The standard InChI is InChI=1S/C42H42Cl2N10O19S5/c1-70-34-11-7-25(17-38(34)77(64,65)66)51-53-30-21-36(72-13-3-15-74(55,56)57)32(19-28(30)43)46-41-48-40(45-23-24-5-9-27(10-6-24)76(61,62)63)49-42(50-41)47-33-20-29(44)31(22-37(33)73-14-4-16-75(58,59)60)54-52-26-8-12-35(71-2)39(18-26)78(67,68)69/h5-12,17-22H,3-4,13-16,23H2,1-2H3,(H,55,56,57)(H,58,59,60)(H,61,62,63)(H,64,65,66)(H,67,68,69)(H3,45,46,47,48,49,50). The summed E-state index contributed by atoms with van der Waals surface area (Å²) in [7, 11) is -20.5. The van der Waals surface area contributed by atoms with E-state index in [1.165, 1.54) is 74.9 Å². The van der Waals surface area contributed by atoms with Crippen molar-refractivity contribution in [3.05, 3.63) is 101 Å². The second-order valence-electron chi connectivity index (χ2n) is 15.6. The summed E-state index contributed by atoms with van der Waals surface area (Å²) in [5.74, 6) is -2.70. The summed E-state index contributed by atoms with van der Waals surface area (Å²) in [6.07, 6.45) is -0.443. The molecule has 0 saturated heterocycles. The number of benzene rings is 5. The first-order valence-electron chi connectivity index (χ1n) is 21.6. The highest BCUT2D eigenvalue weighted by molar-refractivity contribution is 7.86. The Labute approximate surface area is 454 Å². The van der Waals surface area contributed by atoms with Crippen LogP contribution in [0.2, 0.25) is 10.0 Å². The predicted molar refractivity (Wildman–Crippen MR) is 280 cm³/mol. The first-order chi connectivity index (χ1) is 36.5. The van der Waals surface area contributed by atoms with Gasteiger partial charge >= 0.3 is 0 Å². The molecule has 418 valence electrons. The van der Waals surface area contributed by atoms with Crippen molar-refractivity contribution in [3.63, 3.8) is 0 Å². The third-order valence-electron chi connectivity index (χ3n) is 9.90. The number of ether oxygens (including phenoxy) is 4. The lowest BCUT2D eigenvalue weighted by atomic mass is 10.2. The molecule has 0 spiro atoms. The highest BCUT2D eigenvalue weighted by Gasteiger charge is 2.21. The molecule has 36 heteroatoms. The number of hydrogen-bond acceptors (Lipinski definition) is 24. The van der Waals surface area contributed by atoms with E-state index in [9.17, 15) is 64.9 Å². The Morgan fingerprint density at radius 3 is 1.28 bits per heavy atom. The summed E-state index contributed by atoms with van der Waals surface area (Å²) >= 11 is 13.3. The van der Waals surface area contributed by atoms with Gasteiger partial charge in [-0.1, -0.05) is 35.3 Å². The summed E-state index contributed by atoms with van der Waals surface area (Å²) in [6, 6.07) is 17.1. The van der Waals surface area contributed by atoms with Gasteiger partial charge in [0, 0.05) is 18.7 Å². The van der Waals surface area contributed by atoms with Gasteiger partial charge in [-0.15, -0.1) is 10.2 Å². The quantitative estimate of drug-likeness (QED) is 0.0144. The highest BCUT2D eigenvalue weighted by atomic mass is 35.5. The number of rotatable bonds is 26. The molecule has 0 aliphatic heterocycles. The molecule has 5 aromatic carbocycles. The van der Waals surface area contributed by atoms with Gasteiger partial charge in [0.1, 0.15) is 44.2 Å². The van der Waals surface area contributed by atoms with Gasteiger partial charge in [0.25, 0.3) is 50.6 Å². The van der Waals surface area contributed by atoms with Crippen LogP contribution in [0.4, 0.5) is 52.0 Å². The first-order valence-corrected chi connectivity index (χ1v) is 29.9. The predicted octanol–water partition coefficient (Wildman–Crippen LogP) is 8.18. The van der Waals surface area contributed by atoms with E-state index < -0.39 is 71.9 Å². The van der Waals surface area contributed by atoms with Gasteiger partial charge < -0.3 is 34.9 Å². The highest BCUT2D eigenvalue weighted by Crippen LogP contribution is 2.41. The summed E-state index contributed by atoms with van der Waals surface area (Å²) in [5.41, 5.74) is 0.125. The molecule has 6 rings (SSSR count). The van der Waals surface area contributed by atoms with E-state index in [0.717, 1.165) is 24.3 Å². The van der Waals surface area contributed by atoms with E-state index in [0.29, 0.717) is 5.56 Å². The zero-order valence-corrected chi connectivity index (χ0v) is 45.5. The average molecular weight is 1220 g/mol. The van der Waals surface area contributed by atoms with Crippen LogP contribution in [-0.4, -0.2) is 119 Å². The molecule has 0 bridgehead atoms. The van der Waals surface area contributed by atoms with Crippen molar-refractivity contribution in [2.24, 2.45) is 20.5 Å². The molecule has 0 saturated carbocycles. The van der Waals surface area contributed by atoms with Crippen molar-refractivity contribution in [1.82, 2.24) is 15.0 Å². The molecule has 1 aromatic heterocycles. The number of methoxy groups -OCH3 is 2. The lowest BCUT2D eigenvalue weighted by Crippen LogP contribution is -2.12. The molecule has 8 N–H and O–H groups in total. The lowest BCUT2D eigenvalue weighted by Gasteiger charge is -2.17. The second-order valence-corrected chi connectivity index (χ2v) is 23.8. The zero-order valence-electron chi connectivity index (χ0n) is 39.9. The van der Waals surface area contributed by atoms with E-state index in [1.54, 1.807) is 0 Å². The maximum Gasteiger partial charge on any atom is 0.298 e. The average Bonchev–Trinajstić information content (AvgIpc) is 3.37. The van der Waals surface area contributed by atoms with Crippen LogP contribution in [0.25, 0.3) is 0 Å². The molecule has 0 atom stereocenters. The molecule has 0 aliphatic rings. The Morgan fingerprint density at radius 2 is 0.910 bits per heavy atom. The fraction of sp³-hybridized carbons (Fsp3) is 0.214. The molecule has 1 heterocycles. The smallest absolute Gasteiger partial charge is 0.298 e. The molecule has 6 aromatic rings.